The van der Waals surface area contributed by atoms with Gasteiger partial charge in [-0.3, -0.25) is 4.79 Å². The number of carbonyl (C=O) groups excluding carboxylic acids is 1. The van der Waals surface area contributed by atoms with E-state index < -0.39 is 5.66 Å². The van der Waals surface area contributed by atoms with Crippen LogP contribution < -0.4 is 15.0 Å². The number of para-hydroxylation sites is 1. The molecule has 4 rings (SSSR count). The maximum absolute atomic E-state index is 12.3. The van der Waals surface area contributed by atoms with Gasteiger partial charge in [0.05, 0.1) is 13.2 Å². The Morgan fingerprint density at radius 2 is 1.89 bits per heavy atom. The molecule has 4 heteroatoms. The summed E-state index contributed by atoms with van der Waals surface area (Å²) in [4.78, 5) is 14.5. The van der Waals surface area contributed by atoms with Crippen molar-refractivity contribution < 1.29 is 9.53 Å². The van der Waals surface area contributed by atoms with Gasteiger partial charge in [0.2, 0.25) is 5.91 Å². The van der Waals surface area contributed by atoms with Crippen LogP contribution in [0, 0.1) is 0 Å². The van der Waals surface area contributed by atoms with Gasteiger partial charge in [0.1, 0.15) is 11.4 Å². The molecule has 1 fully saturated rings. The Kier molecular flexibility index (Phi) is 4.22. The normalized spacial score (nSPS) is 22.6. The number of rotatable bonds is 5. The third-order valence-electron chi connectivity index (χ3n) is 5.75. The van der Waals surface area contributed by atoms with E-state index in [9.17, 15) is 4.79 Å². The molecular weight excluding hydrogens is 336 g/mol. The average molecular weight is 362 g/mol. The highest BCUT2D eigenvalue weighted by Crippen LogP contribution is 2.52. The summed E-state index contributed by atoms with van der Waals surface area (Å²) in [6.45, 7) is 7.60. The Morgan fingerprint density at radius 1 is 1.15 bits per heavy atom. The number of amides is 1. The van der Waals surface area contributed by atoms with Crippen LogP contribution >= 0.6 is 0 Å². The van der Waals surface area contributed by atoms with Crippen LogP contribution in [-0.2, 0) is 10.2 Å². The summed E-state index contributed by atoms with van der Waals surface area (Å²) in [5.74, 6) is 0.946. The van der Waals surface area contributed by atoms with Gasteiger partial charge in [0.15, 0.2) is 0 Å². The first-order chi connectivity index (χ1) is 13.0. The summed E-state index contributed by atoms with van der Waals surface area (Å²) in [6.07, 6.45) is 5.23. The minimum Gasteiger partial charge on any atom is -0.494 e. The summed E-state index contributed by atoms with van der Waals surface area (Å²) in [6, 6.07) is 16.5. The molecule has 0 spiro atoms. The van der Waals surface area contributed by atoms with E-state index in [0.717, 1.165) is 30.0 Å². The molecule has 1 amide bonds. The van der Waals surface area contributed by atoms with Crippen LogP contribution in [-0.4, -0.2) is 24.7 Å². The number of hydrogen-bond acceptors (Lipinski definition) is 3. The number of ether oxygens (including phenoxy) is 1. The van der Waals surface area contributed by atoms with Crippen molar-refractivity contribution in [3.63, 3.8) is 0 Å². The first-order valence-electron chi connectivity index (χ1n) is 9.58. The van der Waals surface area contributed by atoms with E-state index in [4.69, 9.17) is 4.74 Å². The molecule has 2 aliphatic heterocycles. The quantitative estimate of drug-likeness (QED) is 0.870. The third kappa shape index (κ3) is 2.71. The highest BCUT2D eigenvalue weighted by Gasteiger charge is 2.59. The molecule has 0 unspecified atom stereocenters. The Bertz CT molecular complexity index is 886. The van der Waals surface area contributed by atoms with Crippen LogP contribution in [0.5, 0.6) is 5.75 Å². The molecule has 0 saturated carbocycles. The minimum atomic E-state index is -0.550. The van der Waals surface area contributed by atoms with Gasteiger partial charge in [-0.25, -0.2) is 0 Å². The van der Waals surface area contributed by atoms with Gasteiger partial charge < -0.3 is 15.0 Å². The first kappa shape index (κ1) is 17.7. The molecule has 2 aromatic carbocycles. The third-order valence-corrected chi connectivity index (χ3v) is 5.75. The van der Waals surface area contributed by atoms with Crippen LogP contribution in [0.25, 0.3) is 6.08 Å². The van der Waals surface area contributed by atoms with Crippen LogP contribution in [0.3, 0.4) is 0 Å². The molecule has 0 aromatic heterocycles. The smallest absolute Gasteiger partial charge is 0.241 e. The predicted octanol–water partition coefficient (Wildman–Crippen LogP) is 4.11. The molecule has 4 nitrogen and oxygen atoms in total. The van der Waals surface area contributed by atoms with E-state index in [0.29, 0.717) is 6.54 Å². The lowest BCUT2D eigenvalue weighted by molar-refractivity contribution is -0.118. The average Bonchev–Trinajstić information content (AvgIpc) is 3.10. The van der Waals surface area contributed by atoms with Gasteiger partial charge in [0, 0.05) is 11.1 Å². The van der Waals surface area contributed by atoms with E-state index in [2.05, 4.69) is 61.3 Å². The minimum absolute atomic E-state index is 0.0607. The molecule has 2 aromatic rings. The maximum atomic E-state index is 12.3. The molecule has 27 heavy (non-hydrogen) atoms. The predicted molar refractivity (Wildman–Crippen MR) is 109 cm³/mol. The fraction of sp³-hybridized carbons (Fsp3) is 0.348. The van der Waals surface area contributed by atoms with E-state index in [-0.39, 0.29) is 11.3 Å². The van der Waals surface area contributed by atoms with Gasteiger partial charge in [-0.1, -0.05) is 57.2 Å². The van der Waals surface area contributed by atoms with Crippen molar-refractivity contribution in [1.29, 1.82) is 0 Å². The molecular formula is C23H26N2O2. The van der Waals surface area contributed by atoms with Gasteiger partial charge in [0.25, 0.3) is 0 Å². The second kappa shape index (κ2) is 6.45. The van der Waals surface area contributed by atoms with E-state index >= 15 is 0 Å². The zero-order chi connectivity index (χ0) is 19.1. The lowest BCUT2D eigenvalue weighted by Gasteiger charge is -2.40. The second-order valence-electron chi connectivity index (χ2n) is 7.79. The van der Waals surface area contributed by atoms with Crippen LogP contribution in [0.4, 0.5) is 5.69 Å². The van der Waals surface area contributed by atoms with Crippen LogP contribution in [0.15, 0.2) is 54.6 Å². The fourth-order valence-electron chi connectivity index (χ4n) is 4.25. The largest absolute Gasteiger partial charge is 0.494 e. The summed E-state index contributed by atoms with van der Waals surface area (Å²) in [7, 11) is 0. The lowest BCUT2D eigenvalue weighted by Crippen LogP contribution is -2.58. The number of nitrogens with zero attached hydrogens (tertiary/aromatic N) is 1. The van der Waals surface area contributed by atoms with Crippen molar-refractivity contribution in [3.05, 3.63) is 65.7 Å². The Hall–Kier alpha value is -2.75. The van der Waals surface area contributed by atoms with Crippen molar-refractivity contribution in [2.24, 2.45) is 0 Å². The van der Waals surface area contributed by atoms with Gasteiger partial charge >= 0.3 is 0 Å². The van der Waals surface area contributed by atoms with Gasteiger partial charge in [-0.15, -0.1) is 0 Å². The number of hydrogen-bond donors (Lipinski definition) is 1. The Balaban J connectivity index is 1.67. The van der Waals surface area contributed by atoms with Gasteiger partial charge in [-0.2, -0.15) is 0 Å². The van der Waals surface area contributed by atoms with E-state index in [1.165, 1.54) is 5.56 Å². The second-order valence-corrected chi connectivity index (χ2v) is 7.79. The molecule has 1 atom stereocenters. The summed E-state index contributed by atoms with van der Waals surface area (Å²) in [5.41, 5.74) is 2.69. The lowest BCUT2D eigenvalue weighted by atomic mass is 9.75. The maximum Gasteiger partial charge on any atom is 0.241 e. The first-order valence-corrected chi connectivity index (χ1v) is 9.58. The SMILES string of the molecule is CCCOc1ccc(/C=C/[C@@]23NC(=O)CN2c2ccccc2C3(C)C)cc1. The molecule has 2 aliphatic rings. The zero-order valence-corrected chi connectivity index (χ0v) is 16.2. The Labute approximate surface area is 160 Å². The number of fused-ring (bicyclic) bond motifs is 3. The summed E-state index contributed by atoms with van der Waals surface area (Å²) >= 11 is 0. The zero-order valence-electron chi connectivity index (χ0n) is 16.2. The highest BCUT2D eigenvalue weighted by molar-refractivity contribution is 5.91. The van der Waals surface area contributed by atoms with Gasteiger partial charge in [-0.05, 0) is 41.8 Å². The molecule has 140 valence electrons. The monoisotopic (exact) mass is 362 g/mol. The van der Waals surface area contributed by atoms with Crippen molar-refractivity contribution in [3.8, 4) is 5.75 Å². The summed E-state index contributed by atoms with van der Waals surface area (Å²) < 4.78 is 5.66. The molecule has 0 aliphatic carbocycles. The Morgan fingerprint density at radius 3 is 2.63 bits per heavy atom. The number of anilines is 1. The highest BCUT2D eigenvalue weighted by atomic mass is 16.5. The standard InChI is InChI=1S/C23H26N2O2/c1-4-15-27-18-11-9-17(10-12-18)13-14-23-22(2,3)19-7-5-6-8-20(19)25(23)16-21(26)24-23/h5-14H,4,15-16H2,1-3H3,(H,24,26)/b14-13+/t23-/m1/s1. The molecule has 0 radical (unpaired) electrons. The van der Waals surface area contributed by atoms with E-state index in [1.54, 1.807) is 0 Å². The van der Waals surface area contributed by atoms with Crippen molar-refractivity contribution in [2.75, 3.05) is 18.1 Å². The molecule has 1 N–H and O–H groups in total. The summed E-state index contributed by atoms with van der Waals surface area (Å²) in [5, 5.41) is 3.25. The fourth-order valence-corrected chi connectivity index (χ4v) is 4.25. The van der Waals surface area contributed by atoms with Crippen LogP contribution in [0.2, 0.25) is 0 Å². The topological polar surface area (TPSA) is 41.6 Å². The van der Waals surface area contributed by atoms with Crippen molar-refractivity contribution >= 4 is 17.7 Å². The van der Waals surface area contributed by atoms with Crippen LogP contribution in [0.1, 0.15) is 38.3 Å². The van der Waals surface area contributed by atoms with Crippen molar-refractivity contribution in [1.82, 2.24) is 5.32 Å². The van der Waals surface area contributed by atoms with E-state index in [1.807, 2.05) is 30.3 Å². The van der Waals surface area contributed by atoms with Crippen molar-refractivity contribution in [2.45, 2.75) is 38.3 Å². The number of nitrogens with one attached hydrogen (secondary N) is 1. The molecule has 1 saturated heterocycles. The number of carbonyl (C=O) groups is 1. The molecule has 0 bridgehead atoms. The molecule has 2 heterocycles. The number of benzene rings is 2.